The third kappa shape index (κ3) is 3.74. The zero-order valence-corrected chi connectivity index (χ0v) is 15.6. The second-order valence-electron chi connectivity index (χ2n) is 6.35. The van der Waals surface area contributed by atoms with Crippen molar-refractivity contribution < 1.29 is 9.53 Å². The summed E-state index contributed by atoms with van der Waals surface area (Å²) in [6.07, 6.45) is 1.65. The number of benzene rings is 1. The Kier molecular flexibility index (Phi) is 4.63. The normalized spacial score (nSPS) is 11.4. The number of rotatable bonds is 5. The molecule has 0 aliphatic heterocycles. The maximum Gasteiger partial charge on any atom is 0.269 e. The molecule has 1 N–H and O–H groups in total. The topological polar surface area (TPSA) is 56.1 Å². The zero-order chi connectivity index (χ0) is 18.0. The average Bonchev–Trinajstić information content (AvgIpc) is 3.18. The molecule has 1 aromatic carbocycles. The SMILES string of the molecule is Cc1ccc(C)n1-c1ccc(OC(C)(C)C(=O)Nc2nccs2)cc1. The van der Waals surface area contributed by atoms with Crippen LogP contribution in [0.25, 0.3) is 5.69 Å². The van der Waals surface area contributed by atoms with Crippen molar-refractivity contribution in [3.63, 3.8) is 0 Å². The summed E-state index contributed by atoms with van der Waals surface area (Å²) in [6.45, 7) is 7.63. The van der Waals surface area contributed by atoms with Crippen LogP contribution in [0.1, 0.15) is 25.2 Å². The van der Waals surface area contributed by atoms with Crippen LogP contribution in [0.5, 0.6) is 5.75 Å². The fourth-order valence-electron chi connectivity index (χ4n) is 2.61. The van der Waals surface area contributed by atoms with Gasteiger partial charge >= 0.3 is 0 Å². The first kappa shape index (κ1) is 17.2. The van der Waals surface area contributed by atoms with Gasteiger partial charge in [0.2, 0.25) is 0 Å². The quantitative estimate of drug-likeness (QED) is 0.740. The number of aromatic nitrogens is 2. The number of ether oxygens (including phenoxy) is 1. The standard InChI is InChI=1S/C19H21N3O2S/c1-13-5-6-14(2)22(13)15-7-9-16(10-8-15)24-19(3,4)17(23)21-18-20-11-12-25-18/h5-12H,1-4H3,(H,20,21,23). The molecule has 5 nitrogen and oxygen atoms in total. The highest BCUT2D eigenvalue weighted by Gasteiger charge is 2.30. The number of hydrogen-bond acceptors (Lipinski definition) is 4. The molecular formula is C19H21N3O2S. The Hall–Kier alpha value is -2.60. The Bertz CT molecular complexity index is 845. The van der Waals surface area contributed by atoms with E-state index in [-0.39, 0.29) is 5.91 Å². The summed E-state index contributed by atoms with van der Waals surface area (Å²) in [5.74, 6) is 0.411. The number of anilines is 1. The molecule has 0 radical (unpaired) electrons. The number of carbonyl (C=O) groups is 1. The lowest BCUT2D eigenvalue weighted by Crippen LogP contribution is -2.42. The molecule has 2 heterocycles. The van der Waals surface area contributed by atoms with Crippen molar-refractivity contribution in [1.82, 2.24) is 9.55 Å². The van der Waals surface area contributed by atoms with Crippen LogP contribution in [0.15, 0.2) is 48.0 Å². The molecule has 25 heavy (non-hydrogen) atoms. The summed E-state index contributed by atoms with van der Waals surface area (Å²) < 4.78 is 8.07. The van der Waals surface area contributed by atoms with E-state index in [4.69, 9.17) is 4.74 Å². The molecule has 0 unspecified atom stereocenters. The molecule has 2 aromatic heterocycles. The van der Waals surface area contributed by atoms with Gasteiger partial charge in [-0.15, -0.1) is 11.3 Å². The van der Waals surface area contributed by atoms with E-state index in [1.165, 1.54) is 22.7 Å². The number of aryl methyl sites for hydroxylation is 2. The van der Waals surface area contributed by atoms with E-state index in [1.54, 1.807) is 20.0 Å². The summed E-state index contributed by atoms with van der Waals surface area (Å²) in [6, 6.07) is 11.9. The molecule has 3 aromatic rings. The highest BCUT2D eigenvalue weighted by molar-refractivity contribution is 7.13. The summed E-state index contributed by atoms with van der Waals surface area (Å²) in [4.78, 5) is 16.5. The van der Waals surface area contributed by atoms with Gasteiger partial charge in [-0.05, 0) is 64.1 Å². The molecule has 130 valence electrons. The van der Waals surface area contributed by atoms with E-state index < -0.39 is 5.60 Å². The predicted molar refractivity (Wildman–Crippen MR) is 101 cm³/mol. The molecule has 0 aliphatic rings. The highest BCUT2D eigenvalue weighted by atomic mass is 32.1. The van der Waals surface area contributed by atoms with E-state index in [1.807, 2.05) is 29.6 Å². The van der Waals surface area contributed by atoms with Crippen molar-refractivity contribution in [3.05, 3.63) is 59.4 Å². The molecule has 0 spiro atoms. The lowest BCUT2D eigenvalue weighted by Gasteiger charge is -2.25. The maximum atomic E-state index is 12.4. The van der Waals surface area contributed by atoms with Crippen LogP contribution in [0.2, 0.25) is 0 Å². The van der Waals surface area contributed by atoms with Gasteiger partial charge in [0.15, 0.2) is 10.7 Å². The first-order chi connectivity index (χ1) is 11.9. The maximum absolute atomic E-state index is 12.4. The molecule has 1 amide bonds. The first-order valence-corrected chi connectivity index (χ1v) is 8.90. The van der Waals surface area contributed by atoms with Gasteiger partial charge in [-0.2, -0.15) is 0 Å². The first-order valence-electron chi connectivity index (χ1n) is 8.02. The predicted octanol–water partition coefficient (Wildman–Crippen LogP) is 4.35. The lowest BCUT2D eigenvalue weighted by atomic mass is 10.1. The number of nitrogens with one attached hydrogen (secondary N) is 1. The van der Waals surface area contributed by atoms with Crippen LogP contribution >= 0.6 is 11.3 Å². The highest BCUT2D eigenvalue weighted by Crippen LogP contribution is 2.24. The fraction of sp³-hybridized carbons (Fsp3) is 0.263. The van der Waals surface area contributed by atoms with Crippen LogP contribution in [0.4, 0.5) is 5.13 Å². The zero-order valence-electron chi connectivity index (χ0n) is 14.7. The lowest BCUT2D eigenvalue weighted by molar-refractivity contribution is -0.128. The minimum atomic E-state index is -1.01. The number of carbonyl (C=O) groups excluding carboxylic acids is 1. The van der Waals surface area contributed by atoms with E-state index in [0.717, 1.165) is 5.69 Å². The molecule has 0 bridgehead atoms. The third-order valence-corrected chi connectivity index (χ3v) is 4.63. The number of thiazole rings is 1. The van der Waals surface area contributed by atoms with Crippen molar-refractivity contribution in [2.24, 2.45) is 0 Å². The number of amides is 1. The minimum absolute atomic E-state index is 0.233. The van der Waals surface area contributed by atoms with Gasteiger partial charge in [-0.1, -0.05) is 0 Å². The van der Waals surface area contributed by atoms with Crippen LogP contribution in [0.3, 0.4) is 0 Å². The Labute approximate surface area is 151 Å². The van der Waals surface area contributed by atoms with E-state index in [2.05, 4.69) is 40.8 Å². The fourth-order valence-corrected chi connectivity index (χ4v) is 3.14. The van der Waals surface area contributed by atoms with Gasteiger partial charge in [-0.3, -0.25) is 10.1 Å². The van der Waals surface area contributed by atoms with Crippen LogP contribution < -0.4 is 10.1 Å². The Morgan fingerprint density at radius 3 is 2.32 bits per heavy atom. The monoisotopic (exact) mass is 355 g/mol. The summed E-state index contributed by atoms with van der Waals surface area (Å²) in [7, 11) is 0. The van der Waals surface area contributed by atoms with Crippen LogP contribution in [0, 0.1) is 13.8 Å². The summed E-state index contributed by atoms with van der Waals surface area (Å²) in [5.41, 5.74) is 2.41. The second kappa shape index (κ2) is 6.72. The van der Waals surface area contributed by atoms with E-state index in [0.29, 0.717) is 10.9 Å². The largest absolute Gasteiger partial charge is 0.478 e. The second-order valence-corrected chi connectivity index (χ2v) is 7.24. The molecule has 0 atom stereocenters. The average molecular weight is 355 g/mol. The van der Waals surface area contributed by atoms with Crippen molar-refractivity contribution in [1.29, 1.82) is 0 Å². The van der Waals surface area contributed by atoms with Gasteiger partial charge < -0.3 is 9.30 Å². The van der Waals surface area contributed by atoms with E-state index in [9.17, 15) is 4.79 Å². The van der Waals surface area contributed by atoms with Gasteiger partial charge in [0, 0.05) is 28.7 Å². The number of nitrogens with zero attached hydrogens (tertiary/aromatic N) is 2. The van der Waals surface area contributed by atoms with Gasteiger partial charge in [0.05, 0.1) is 0 Å². The molecule has 0 saturated heterocycles. The van der Waals surface area contributed by atoms with Gasteiger partial charge in [0.1, 0.15) is 5.75 Å². The Balaban J connectivity index is 1.73. The molecule has 0 saturated carbocycles. The number of hydrogen-bond donors (Lipinski definition) is 1. The molecule has 6 heteroatoms. The Morgan fingerprint density at radius 2 is 1.76 bits per heavy atom. The van der Waals surface area contributed by atoms with Crippen LogP contribution in [-0.4, -0.2) is 21.1 Å². The minimum Gasteiger partial charge on any atom is -0.478 e. The molecule has 0 fully saturated rings. The Morgan fingerprint density at radius 1 is 1.12 bits per heavy atom. The van der Waals surface area contributed by atoms with Gasteiger partial charge in [0.25, 0.3) is 5.91 Å². The van der Waals surface area contributed by atoms with Crippen molar-refractivity contribution in [3.8, 4) is 11.4 Å². The summed E-state index contributed by atoms with van der Waals surface area (Å²) >= 11 is 1.38. The van der Waals surface area contributed by atoms with E-state index >= 15 is 0 Å². The summed E-state index contributed by atoms with van der Waals surface area (Å²) in [5, 5.41) is 5.15. The molecule has 0 aliphatic carbocycles. The van der Waals surface area contributed by atoms with Crippen molar-refractivity contribution in [2.45, 2.75) is 33.3 Å². The molecule has 3 rings (SSSR count). The molecular weight excluding hydrogens is 334 g/mol. The van der Waals surface area contributed by atoms with Crippen molar-refractivity contribution >= 4 is 22.4 Å². The van der Waals surface area contributed by atoms with Crippen molar-refractivity contribution in [2.75, 3.05) is 5.32 Å². The van der Waals surface area contributed by atoms with Gasteiger partial charge in [-0.25, -0.2) is 4.98 Å². The third-order valence-electron chi connectivity index (χ3n) is 3.94. The van der Waals surface area contributed by atoms with Crippen LogP contribution in [-0.2, 0) is 4.79 Å². The smallest absolute Gasteiger partial charge is 0.269 e.